The lowest BCUT2D eigenvalue weighted by molar-refractivity contribution is 0.460. The van der Waals surface area contributed by atoms with Gasteiger partial charge in [0.2, 0.25) is 5.88 Å². The second kappa shape index (κ2) is 6.68. The van der Waals surface area contributed by atoms with E-state index in [9.17, 15) is 0 Å². The summed E-state index contributed by atoms with van der Waals surface area (Å²) in [6, 6.07) is 6.00. The Hall–Kier alpha value is -1.65. The minimum Gasteiger partial charge on any atom is -0.436 e. The first-order chi connectivity index (χ1) is 9.54. The lowest BCUT2D eigenvalue weighted by atomic mass is 10.2. The number of nitrogens with one attached hydrogen (secondary N) is 1. The highest BCUT2D eigenvalue weighted by Crippen LogP contribution is 2.27. The Kier molecular flexibility index (Phi) is 4.93. The largest absolute Gasteiger partial charge is 0.436 e. The van der Waals surface area contributed by atoms with Gasteiger partial charge in [0.25, 0.3) is 0 Å². The van der Waals surface area contributed by atoms with Crippen LogP contribution in [0.4, 0.5) is 0 Å². The van der Waals surface area contributed by atoms with Crippen molar-refractivity contribution in [3.8, 4) is 11.6 Å². The lowest BCUT2D eigenvalue weighted by Gasteiger charge is -2.10. The zero-order valence-corrected chi connectivity index (χ0v) is 12.6. The van der Waals surface area contributed by atoms with Crippen molar-refractivity contribution < 1.29 is 4.74 Å². The average molecular weight is 292 g/mol. The third kappa shape index (κ3) is 4.18. The van der Waals surface area contributed by atoms with Crippen LogP contribution in [0.1, 0.15) is 25.1 Å². The Labute approximate surface area is 124 Å². The molecule has 1 N–H and O–H groups in total. The van der Waals surface area contributed by atoms with Crippen LogP contribution in [0, 0.1) is 6.92 Å². The average Bonchev–Trinajstić information content (AvgIpc) is 2.41. The number of nitrogens with zero attached hydrogens (tertiary/aromatic N) is 2. The van der Waals surface area contributed by atoms with Gasteiger partial charge in [-0.1, -0.05) is 25.4 Å². The number of rotatable bonds is 5. The van der Waals surface area contributed by atoms with E-state index in [1.54, 1.807) is 12.4 Å². The van der Waals surface area contributed by atoms with Crippen molar-refractivity contribution in [1.82, 2.24) is 15.3 Å². The summed E-state index contributed by atoms with van der Waals surface area (Å²) in [5.74, 6) is 1.02. The van der Waals surface area contributed by atoms with Gasteiger partial charge in [0.15, 0.2) is 0 Å². The molecule has 0 fully saturated rings. The molecular weight excluding hydrogens is 274 g/mol. The number of pyridine rings is 2. The molecule has 2 aromatic rings. The molecule has 20 heavy (non-hydrogen) atoms. The summed E-state index contributed by atoms with van der Waals surface area (Å²) in [7, 11) is 0. The van der Waals surface area contributed by atoms with Crippen LogP contribution in [-0.4, -0.2) is 16.0 Å². The fraction of sp³-hybridized carbons (Fsp3) is 0.333. The van der Waals surface area contributed by atoms with Crippen molar-refractivity contribution in [2.75, 3.05) is 0 Å². The summed E-state index contributed by atoms with van der Waals surface area (Å²) in [4.78, 5) is 8.42. The van der Waals surface area contributed by atoms with Gasteiger partial charge in [-0.3, -0.25) is 4.98 Å². The number of aromatic nitrogens is 2. The highest BCUT2D eigenvalue weighted by atomic mass is 35.5. The first-order valence-electron chi connectivity index (χ1n) is 6.53. The monoisotopic (exact) mass is 291 g/mol. The summed E-state index contributed by atoms with van der Waals surface area (Å²) in [5, 5.41) is 3.81. The van der Waals surface area contributed by atoms with Crippen molar-refractivity contribution in [1.29, 1.82) is 0 Å². The second-order valence-electron chi connectivity index (χ2n) is 4.90. The Morgan fingerprint density at radius 3 is 2.65 bits per heavy atom. The first-order valence-corrected chi connectivity index (χ1v) is 6.90. The van der Waals surface area contributed by atoms with Gasteiger partial charge in [-0.25, -0.2) is 4.98 Å². The molecule has 4 nitrogen and oxygen atoms in total. The fourth-order valence-electron chi connectivity index (χ4n) is 1.58. The van der Waals surface area contributed by atoms with E-state index in [1.807, 2.05) is 25.1 Å². The van der Waals surface area contributed by atoms with Gasteiger partial charge in [0.1, 0.15) is 10.8 Å². The predicted molar refractivity (Wildman–Crippen MR) is 80.3 cm³/mol. The van der Waals surface area contributed by atoms with E-state index in [1.165, 1.54) is 0 Å². The second-order valence-corrected chi connectivity index (χ2v) is 5.31. The van der Waals surface area contributed by atoms with Crippen LogP contribution in [0.5, 0.6) is 11.6 Å². The molecule has 0 amide bonds. The quantitative estimate of drug-likeness (QED) is 0.912. The molecule has 106 valence electrons. The standard InChI is InChI=1S/C15H18ClN3O/c1-10(2)17-7-12-6-14(16)15(19-8-12)20-13-5-4-11(3)18-9-13/h4-6,8-10,17H,7H2,1-3H3. The molecule has 0 bridgehead atoms. The van der Waals surface area contributed by atoms with E-state index in [4.69, 9.17) is 16.3 Å². The van der Waals surface area contributed by atoms with Crippen LogP contribution in [0.25, 0.3) is 0 Å². The molecule has 0 spiro atoms. The van der Waals surface area contributed by atoms with Crippen molar-refractivity contribution in [3.05, 3.63) is 46.9 Å². The molecule has 0 aliphatic carbocycles. The topological polar surface area (TPSA) is 47.0 Å². The van der Waals surface area contributed by atoms with Gasteiger partial charge in [0.05, 0.1) is 6.20 Å². The molecule has 0 aliphatic rings. The molecule has 2 aromatic heterocycles. The lowest BCUT2D eigenvalue weighted by Crippen LogP contribution is -2.21. The molecule has 0 saturated heterocycles. The zero-order valence-electron chi connectivity index (χ0n) is 11.9. The van der Waals surface area contributed by atoms with Gasteiger partial charge < -0.3 is 10.1 Å². The Morgan fingerprint density at radius 1 is 1.25 bits per heavy atom. The van der Waals surface area contributed by atoms with E-state index < -0.39 is 0 Å². The summed E-state index contributed by atoms with van der Waals surface area (Å²) in [5.41, 5.74) is 1.96. The Morgan fingerprint density at radius 2 is 2.05 bits per heavy atom. The number of aryl methyl sites for hydroxylation is 1. The third-order valence-corrected chi connectivity index (χ3v) is 2.95. The predicted octanol–water partition coefficient (Wildman–Crippen LogP) is 3.73. The van der Waals surface area contributed by atoms with Crippen LogP contribution < -0.4 is 10.1 Å². The van der Waals surface area contributed by atoms with Gasteiger partial charge in [-0.05, 0) is 30.7 Å². The molecule has 0 unspecified atom stereocenters. The maximum Gasteiger partial charge on any atom is 0.238 e. The normalized spacial score (nSPS) is 10.8. The van der Waals surface area contributed by atoms with E-state index >= 15 is 0 Å². The highest BCUT2D eigenvalue weighted by Gasteiger charge is 2.07. The number of hydrogen-bond donors (Lipinski definition) is 1. The molecule has 0 aliphatic heterocycles. The minimum atomic E-state index is 0.394. The maximum absolute atomic E-state index is 6.19. The van der Waals surface area contributed by atoms with Crippen LogP contribution in [0.2, 0.25) is 5.02 Å². The molecule has 0 aromatic carbocycles. The van der Waals surface area contributed by atoms with Crippen molar-refractivity contribution >= 4 is 11.6 Å². The molecular formula is C15H18ClN3O. The van der Waals surface area contributed by atoms with Gasteiger partial charge >= 0.3 is 0 Å². The first kappa shape index (κ1) is 14.8. The molecule has 0 saturated carbocycles. The highest BCUT2D eigenvalue weighted by molar-refractivity contribution is 6.31. The summed E-state index contributed by atoms with van der Waals surface area (Å²) in [6.45, 7) is 6.84. The summed E-state index contributed by atoms with van der Waals surface area (Å²) < 4.78 is 5.62. The van der Waals surface area contributed by atoms with Crippen LogP contribution in [0.15, 0.2) is 30.6 Å². The molecule has 5 heteroatoms. The smallest absolute Gasteiger partial charge is 0.238 e. The fourth-order valence-corrected chi connectivity index (χ4v) is 1.81. The molecule has 2 heterocycles. The van der Waals surface area contributed by atoms with Gasteiger partial charge in [-0.2, -0.15) is 0 Å². The SMILES string of the molecule is Cc1ccc(Oc2ncc(CNC(C)C)cc2Cl)cn1. The zero-order chi connectivity index (χ0) is 14.5. The summed E-state index contributed by atoms with van der Waals surface area (Å²) in [6.07, 6.45) is 3.42. The van der Waals surface area contributed by atoms with Crippen molar-refractivity contribution in [2.45, 2.75) is 33.4 Å². The third-order valence-electron chi connectivity index (χ3n) is 2.68. The van der Waals surface area contributed by atoms with Crippen LogP contribution >= 0.6 is 11.6 Å². The summed E-state index contributed by atoms with van der Waals surface area (Å²) >= 11 is 6.19. The van der Waals surface area contributed by atoms with Gasteiger partial charge in [0, 0.05) is 24.5 Å². The minimum absolute atomic E-state index is 0.394. The van der Waals surface area contributed by atoms with E-state index in [-0.39, 0.29) is 0 Å². The molecule has 0 radical (unpaired) electrons. The van der Waals surface area contributed by atoms with E-state index in [0.29, 0.717) is 22.7 Å². The Balaban J connectivity index is 2.07. The number of ether oxygens (including phenoxy) is 1. The van der Waals surface area contributed by atoms with E-state index in [0.717, 1.165) is 17.8 Å². The van der Waals surface area contributed by atoms with Gasteiger partial charge in [-0.15, -0.1) is 0 Å². The number of hydrogen-bond acceptors (Lipinski definition) is 4. The van der Waals surface area contributed by atoms with E-state index in [2.05, 4.69) is 29.1 Å². The van der Waals surface area contributed by atoms with Crippen molar-refractivity contribution in [2.24, 2.45) is 0 Å². The van der Waals surface area contributed by atoms with Crippen molar-refractivity contribution in [3.63, 3.8) is 0 Å². The van der Waals surface area contributed by atoms with Crippen LogP contribution in [-0.2, 0) is 6.54 Å². The molecule has 0 atom stereocenters. The molecule has 2 rings (SSSR count). The Bertz CT molecular complexity index is 570. The number of halogens is 1. The van der Waals surface area contributed by atoms with Crippen LogP contribution in [0.3, 0.4) is 0 Å². The maximum atomic E-state index is 6.19.